The summed E-state index contributed by atoms with van der Waals surface area (Å²) in [6, 6.07) is 8.11. The summed E-state index contributed by atoms with van der Waals surface area (Å²) >= 11 is 0. The predicted molar refractivity (Wildman–Crippen MR) is 73.7 cm³/mol. The number of aliphatic hydroxyl groups excluding tert-OH is 1. The third-order valence-electron chi connectivity index (χ3n) is 3.17. The van der Waals surface area contributed by atoms with Gasteiger partial charge in [0, 0.05) is 25.3 Å². The molecule has 1 unspecified atom stereocenters. The minimum Gasteiger partial charge on any atom is -0.496 e. The molecule has 4 nitrogen and oxygen atoms in total. The maximum Gasteiger partial charge on any atom is 0.123 e. The van der Waals surface area contributed by atoms with Crippen molar-refractivity contribution in [2.24, 2.45) is 5.73 Å². The predicted octanol–water partition coefficient (Wildman–Crippen LogP) is 1.40. The molecule has 0 aromatic heterocycles. The number of para-hydroxylation sites is 1. The lowest BCUT2D eigenvalue weighted by molar-refractivity contribution is 0.182. The lowest BCUT2D eigenvalue weighted by atomic mass is 10.0. The van der Waals surface area contributed by atoms with Gasteiger partial charge in [-0.25, -0.2) is 0 Å². The third-order valence-corrected chi connectivity index (χ3v) is 3.17. The second-order valence-corrected chi connectivity index (χ2v) is 4.20. The lowest BCUT2D eigenvalue weighted by Crippen LogP contribution is -2.35. The fourth-order valence-electron chi connectivity index (χ4n) is 2.22. The fourth-order valence-corrected chi connectivity index (χ4v) is 2.22. The number of benzene rings is 1. The quantitative estimate of drug-likeness (QED) is 0.734. The number of methoxy groups -OCH3 is 1. The Bertz CT molecular complexity index is 344. The van der Waals surface area contributed by atoms with E-state index in [4.69, 9.17) is 15.6 Å². The van der Waals surface area contributed by atoms with Gasteiger partial charge in [0.1, 0.15) is 5.75 Å². The molecule has 0 aliphatic carbocycles. The Hall–Kier alpha value is -1.10. The Morgan fingerprint density at radius 1 is 1.39 bits per heavy atom. The van der Waals surface area contributed by atoms with Gasteiger partial charge in [-0.2, -0.15) is 0 Å². The molecule has 1 aromatic rings. The van der Waals surface area contributed by atoms with Gasteiger partial charge in [-0.05, 0) is 19.0 Å². The molecule has 0 saturated heterocycles. The normalized spacial score (nSPS) is 12.7. The first-order chi connectivity index (χ1) is 8.78. The van der Waals surface area contributed by atoms with E-state index in [9.17, 15) is 0 Å². The number of hydrogen-bond donors (Lipinski definition) is 2. The number of hydrogen-bond acceptors (Lipinski definition) is 4. The van der Waals surface area contributed by atoms with E-state index in [0.29, 0.717) is 6.54 Å². The average molecular weight is 252 g/mol. The van der Waals surface area contributed by atoms with Crippen molar-refractivity contribution in [3.63, 3.8) is 0 Å². The SMILES string of the molecule is CCN(CCCO)C(CN)c1ccccc1OC. The van der Waals surface area contributed by atoms with Crippen LogP contribution in [-0.2, 0) is 0 Å². The third kappa shape index (κ3) is 3.70. The summed E-state index contributed by atoms with van der Waals surface area (Å²) < 4.78 is 5.40. The van der Waals surface area contributed by atoms with Crippen molar-refractivity contribution in [2.75, 3.05) is 33.4 Å². The number of nitrogens with two attached hydrogens (primary N) is 1. The van der Waals surface area contributed by atoms with Gasteiger partial charge in [-0.15, -0.1) is 0 Å². The Balaban J connectivity index is 2.92. The summed E-state index contributed by atoms with van der Waals surface area (Å²) in [4.78, 5) is 2.27. The van der Waals surface area contributed by atoms with Gasteiger partial charge in [-0.1, -0.05) is 25.1 Å². The zero-order valence-electron chi connectivity index (χ0n) is 11.3. The van der Waals surface area contributed by atoms with Crippen LogP contribution in [0.15, 0.2) is 24.3 Å². The van der Waals surface area contributed by atoms with Crippen molar-refractivity contribution in [3.8, 4) is 5.75 Å². The summed E-state index contributed by atoms with van der Waals surface area (Å²) in [5, 5.41) is 8.95. The molecule has 4 heteroatoms. The van der Waals surface area contributed by atoms with E-state index < -0.39 is 0 Å². The average Bonchev–Trinajstić information content (AvgIpc) is 2.43. The van der Waals surface area contributed by atoms with Gasteiger partial charge in [0.05, 0.1) is 13.2 Å². The molecular weight excluding hydrogens is 228 g/mol. The van der Waals surface area contributed by atoms with Crippen LogP contribution < -0.4 is 10.5 Å². The summed E-state index contributed by atoms with van der Waals surface area (Å²) in [7, 11) is 1.68. The van der Waals surface area contributed by atoms with Crippen LogP contribution >= 0.6 is 0 Å². The van der Waals surface area contributed by atoms with Crippen LogP contribution in [0.2, 0.25) is 0 Å². The van der Waals surface area contributed by atoms with E-state index in [1.165, 1.54) is 0 Å². The second kappa shape index (κ2) is 8.08. The molecule has 0 aliphatic heterocycles. The molecule has 1 rings (SSSR count). The molecule has 18 heavy (non-hydrogen) atoms. The molecular formula is C14H24N2O2. The molecule has 0 fully saturated rings. The first kappa shape index (κ1) is 15.0. The Morgan fingerprint density at radius 3 is 2.67 bits per heavy atom. The van der Waals surface area contributed by atoms with Crippen LogP contribution in [0.5, 0.6) is 5.75 Å². The van der Waals surface area contributed by atoms with Gasteiger partial charge in [-0.3, -0.25) is 4.90 Å². The minimum atomic E-state index is 0.137. The Labute approximate surface area is 109 Å². The maximum atomic E-state index is 8.95. The minimum absolute atomic E-state index is 0.137. The topological polar surface area (TPSA) is 58.7 Å². The zero-order chi connectivity index (χ0) is 13.4. The van der Waals surface area contributed by atoms with Crippen molar-refractivity contribution in [2.45, 2.75) is 19.4 Å². The van der Waals surface area contributed by atoms with Crippen LogP contribution in [0.4, 0.5) is 0 Å². The number of ether oxygens (including phenoxy) is 1. The molecule has 0 spiro atoms. The van der Waals surface area contributed by atoms with E-state index >= 15 is 0 Å². The molecule has 0 amide bonds. The van der Waals surface area contributed by atoms with Crippen LogP contribution in [0, 0.1) is 0 Å². The van der Waals surface area contributed by atoms with Crippen molar-refractivity contribution in [1.29, 1.82) is 0 Å². The Kier molecular flexibility index (Phi) is 6.72. The van der Waals surface area contributed by atoms with Gasteiger partial charge in [0.15, 0.2) is 0 Å². The molecule has 1 atom stereocenters. The number of rotatable bonds is 8. The van der Waals surface area contributed by atoms with Gasteiger partial charge in [0.2, 0.25) is 0 Å². The highest BCUT2D eigenvalue weighted by atomic mass is 16.5. The molecule has 1 aromatic carbocycles. The van der Waals surface area contributed by atoms with Crippen LogP contribution in [0.1, 0.15) is 24.9 Å². The molecule has 0 saturated carbocycles. The molecule has 0 heterocycles. The lowest BCUT2D eigenvalue weighted by Gasteiger charge is -2.30. The van der Waals surface area contributed by atoms with E-state index in [1.807, 2.05) is 18.2 Å². The monoisotopic (exact) mass is 252 g/mol. The van der Waals surface area contributed by atoms with E-state index in [0.717, 1.165) is 30.8 Å². The van der Waals surface area contributed by atoms with Crippen molar-refractivity contribution in [1.82, 2.24) is 4.90 Å². The van der Waals surface area contributed by atoms with Crippen LogP contribution in [0.25, 0.3) is 0 Å². The van der Waals surface area contributed by atoms with Crippen LogP contribution in [0.3, 0.4) is 0 Å². The first-order valence-corrected chi connectivity index (χ1v) is 6.46. The summed E-state index contributed by atoms with van der Waals surface area (Å²) in [6.07, 6.45) is 0.763. The smallest absolute Gasteiger partial charge is 0.123 e. The summed E-state index contributed by atoms with van der Waals surface area (Å²) in [6.45, 7) is 4.60. The number of nitrogens with zero attached hydrogens (tertiary/aromatic N) is 1. The molecule has 0 bridgehead atoms. The zero-order valence-corrected chi connectivity index (χ0v) is 11.3. The summed E-state index contributed by atoms with van der Waals surface area (Å²) in [5.74, 6) is 0.871. The van der Waals surface area contributed by atoms with Gasteiger partial charge in [0.25, 0.3) is 0 Å². The molecule has 0 aliphatic rings. The van der Waals surface area contributed by atoms with Crippen molar-refractivity contribution >= 4 is 0 Å². The molecule has 102 valence electrons. The summed E-state index contributed by atoms with van der Waals surface area (Å²) in [5.41, 5.74) is 7.03. The van der Waals surface area contributed by atoms with Gasteiger partial charge < -0.3 is 15.6 Å². The van der Waals surface area contributed by atoms with E-state index in [-0.39, 0.29) is 12.6 Å². The van der Waals surface area contributed by atoms with Gasteiger partial charge >= 0.3 is 0 Å². The first-order valence-electron chi connectivity index (χ1n) is 6.46. The largest absolute Gasteiger partial charge is 0.496 e. The van der Waals surface area contributed by atoms with Crippen molar-refractivity contribution in [3.05, 3.63) is 29.8 Å². The van der Waals surface area contributed by atoms with Crippen molar-refractivity contribution < 1.29 is 9.84 Å². The second-order valence-electron chi connectivity index (χ2n) is 4.20. The van der Waals surface area contributed by atoms with Crippen LogP contribution in [-0.4, -0.2) is 43.4 Å². The number of aliphatic hydroxyl groups is 1. The fraction of sp³-hybridized carbons (Fsp3) is 0.571. The molecule has 3 N–H and O–H groups in total. The molecule has 0 radical (unpaired) electrons. The highest BCUT2D eigenvalue weighted by Gasteiger charge is 2.20. The maximum absolute atomic E-state index is 8.95. The van der Waals surface area contributed by atoms with E-state index in [2.05, 4.69) is 17.9 Å². The van der Waals surface area contributed by atoms with E-state index in [1.54, 1.807) is 7.11 Å². The number of likely N-dealkylation sites (N-methyl/N-ethyl adjacent to an activating group) is 1. The standard InChI is InChI=1S/C14H24N2O2/c1-3-16(9-6-10-17)13(11-15)12-7-4-5-8-14(12)18-2/h4-5,7-8,13,17H,3,6,9-11,15H2,1-2H3. The Morgan fingerprint density at radius 2 is 2.11 bits per heavy atom. The highest BCUT2D eigenvalue weighted by molar-refractivity contribution is 5.36. The highest BCUT2D eigenvalue weighted by Crippen LogP contribution is 2.28.